The number of aliphatic hydroxyl groups excluding tert-OH is 1. The van der Waals surface area contributed by atoms with Crippen LogP contribution in [0.4, 0.5) is 8.78 Å². The molecule has 0 saturated carbocycles. The average molecular weight is 338 g/mol. The monoisotopic (exact) mass is 338 g/mol. The molecule has 0 radical (unpaired) electrons. The number of hydrogen-bond acceptors (Lipinski definition) is 3. The second-order valence-electron chi connectivity index (χ2n) is 7.23. The molecular formula is C18H24F2N2O2. The number of nitrogens with zero attached hydrogens (tertiary/aromatic N) is 1. The van der Waals surface area contributed by atoms with Crippen molar-refractivity contribution in [1.29, 1.82) is 0 Å². The Morgan fingerprint density at radius 1 is 1.21 bits per heavy atom. The predicted molar refractivity (Wildman–Crippen MR) is 86.4 cm³/mol. The molecule has 0 spiro atoms. The van der Waals surface area contributed by atoms with Crippen LogP contribution in [0.1, 0.15) is 25.3 Å². The van der Waals surface area contributed by atoms with Crippen molar-refractivity contribution in [1.82, 2.24) is 10.2 Å². The Morgan fingerprint density at radius 2 is 1.88 bits per heavy atom. The van der Waals surface area contributed by atoms with E-state index in [-0.39, 0.29) is 29.6 Å². The van der Waals surface area contributed by atoms with E-state index in [1.165, 1.54) is 12.1 Å². The number of rotatable bonds is 2. The highest BCUT2D eigenvalue weighted by molar-refractivity contribution is 5.81. The van der Waals surface area contributed by atoms with Crippen molar-refractivity contribution in [3.8, 4) is 0 Å². The molecule has 3 rings (SSSR count). The van der Waals surface area contributed by atoms with Gasteiger partial charge in [0.1, 0.15) is 11.6 Å². The third kappa shape index (κ3) is 3.17. The van der Waals surface area contributed by atoms with Crippen LogP contribution in [-0.2, 0) is 4.79 Å². The Kier molecular flexibility index (Phi) is 4.88. The molecule has 1 unspecified atom stereocenters. The van der Waals surface area contributed by atoms with E-state index in [0.717, 1.165) is 6.07 Å². The topological polar surface area (TPSA) is 52.6 Å². The number of piperidine rings is 1. The second-order valence-corrected chi connectivity index (χ2v) is 7.23. The molecule has 2 heterocycles. The summed E-state index contributed by atoms with van der Waals surface area (Å²) in [6, 6.07) is 3.55. The first kappa shape index (κ1) is 17.3. The smallest absolute Gasteiger partial charge is 0.227 e. The van der Waals surface area contributed by atoms with Gasteiger partial charge in [0.15, 0.2) is 0 Å². The third-order valence-electron chi connectivity index (χ3n) is 5.39. The lowest BCUT2D eigenvalue weighted by atomic mass is 9.84. The summed E-state index contributed by atoms with van der Waals surface area (Å²) >= 11 is 0. The van der Waals surface area contributed by atoms with Gasteiger partial charge in [0.05, 0.1) is 12.0 Å². The van der Waals surface area contributed by atoms with Crippen LogP contribution in [0.3, 0.4) is 0 Å². The highest BCUT2D eigenvalue weighted by Crippen LogP contribution is 2.33. The van der Waals surface area contributed by atoms with Crippen molar-refractivity contribution in [2.45, 2.75) is 25.9 Å². The van der Waals surface area contributed by atoms with Crippen LogP contribution in [-0.4, -0.2) is 48.2 Å². The number of amides is 1. The van der Waals surface area contributed by atoms with Gasteiger partial charge in [0, 0.05) is 38.2 Å². The van der Waals surface area contributed by atoms with E-state index in [0.29, 0.717) is 31.7 Å². The van der Waals surface area contributed by atoms with Gasteiger partial charge in [-0.3, -0.25) is 4.79 Å². The number of halogens is 2. The normalized spacial score (nSPS) is 33.7. The van der Waals surface area contributed by atoms with Crippen molar-refractivity contribution >= 4 is 5.91 Å². The molecule has 5 atom stereocenters. The minimum Gasteiger partial charge on any atom is -0.392 e. The maximum Gasteiger partial charge on any atom is 0.227 e. The third-order valence-corrected chi connectivity index (χ3v) is 5.39. The summed E-state index contributed by atoms with van der Waals surface area (Å²) in [7, 11) is 0. The Morgan fingerprint density at radius 3 is 2.50 bits per heavy atom. The zero-order valence-corrected chi connectivity index (χ0v) is 14.0. The van der Waals surface area contributed by atoms with Gasteiger partial charge in [-0.25, -0.2) is 8.78 Å². The SMILES string of the molecule is C[C@@H]1CN(C(=O)[C@@H]2CNC[C@H]2c2ccc(F)cc2F)C[C@H](C)C1O. The van der Waals surface area contributed by atoms with Crippen LogP contribution in [0.15, 0.2) is 18.2 Å². The van der Waals surface area contributed by atoms with Gasteiger partial charge in [-0.05, 0) is 23.5 Å². The van der Waals surface area contributed by atoms with E-state index < -0.39 is 17.7 Å². The average Bonchev–Trinajstić information content (AvgIpc) is 3.00. The van der Waals surface area contributed by atoms with Gasteiger partial charge in [0.25, 0.3) is 0 Å². The van der Waals surface area contributed by atoms with Crippen molar-refractivity contribution in [3.05, 3.63) is 35.4 Å². The Hall–Kier alpha value is -1.53. The van der Waals surface area contributed by atoms with E-state index in [4.69, 9.17) is 0 Å². The van der Waals surface area contributed by atoms with Crippen molar-refractivity contribution < 1.29 is 18.7 Å². The lowest BCUT2D eigenvalue weighted by molar-refractivity contribution is -0.141. The van der Waals surface area contributed by atoms with E-state index in [2.05, 4.69) is 5.32 Å². The zero-order chi connectivity index (χ0) is 17.4. The molecule has 2 fully saturated rings. The number of carbonyl (C=O) groups is 1. The molecule has 6 heteroatoms. The minimum atomic E-state index is -0.613. The fourth-order valence-electron chi connectivity index (χ4n) is 4.03. The Bertz CT molecular complexity index is 613. The maximum absolute atomic E-state index is 14.1. The molecule has 1 amide bonds. The highest BCUT2D eigenvalue weighted by Gasteiger charge is 2.40. The molecule has 2 N–H and O–H groups in total. The van der Waals surface area contributed by atoms with E-state index in [1.807, 2.05) is 13.8 Å². The van der Waals surface area contributed by atoms with Crippen LogP contribution < -0.4 is 5.32 Å². The van der Waals surface area contributed by atoms with Gasteiger partial charge in [-0.1, -0.05) is 19.9 Å². The standard InChI is InChI=1S/C18H24F2N2O2/c1-10-8-22(9-11(2)17(10)23)18(24)15-7-21-6-14(15)13-4-3-12(19)5-16(13)20/h3-5,10-11,14-15,17,21,23H,6-9H2,1-2H3/t10-,11+,14-,15+,17?/m0/s1. The van der Waals surface area contributed by atoms with E-state index >= 15 is 0 Å². The molecule has 0 aromatic heterocycles. The van der Waals surface area contributed by atoms with Crippen molar-refractivity contribution in [2.24, 2.45) is 17.8 Å². The van der Waals surface area contributed by atoms with Crippen LogP contribution >= 0.6 is 0 Å². The van der Waals surface area contributed by atoms with Gasteiger partial charge >= 0.3 is 0 Å². The molecule has 24 heavy (non-hydrogen) atoms. The molecule has 4 nitrogen and oxygen atoms in total. The number of hydrogen-bond donors (Lipinski definition) is 2. The fraction of sp³-hybridized carbons (Fsp3) is 0.611. The largest absolute Gasteiger partial charge is 0.392 e. The van der Waals surface area contributed by atoms with Crippen molar-refractivity contribution in [3.63, 3.8) is 0 Å². The fourth-order valence-corrected chi connectivity index (χ4v) is 4.03. The molecule has 132 valence electrons. The second kappa shape index (κ2) is 6.76. The summed E-state index contributed by atoms with van der Waals surface area (Å²) < 4.78 is 27.3. The van der Waals surface area contributed by atoms with Crippen LogP contribution in [0.5, 0.6) is 0 Å². The molecule has 0 aliphatic carbocycles. The molecule has 1 aromatic rings. The summed E-state index contributed by atoms with van der Waals surface area (Å²) in [6.07, 6.45) is -0.402. The molecule has 2 aliphatic heterocycles. The van der Waals surface area contributed by atoms with Crippen LogP contribution in [0.2, 0.25) is 0 Å². The summed E-state index contributed by atoms with van der Waals surface area (Å²) in [5, 5.41) is 13.2. The quantitative estimate of drug-likeness (QED) is 0.864. The maximum atomic E-state index is 14.1. The van der Waals surface area contributed by atoms with Crippen LogP contribution in [0, 0.1) is 29.4 Å². The minimum absolute atomic E-state index is 0.0145. The molecule has 2 saturated heterocycles. The van der Waals surface area contributed by atoms with Gasteiger partial charge in [-0.2, -0.15) is 0 Å². The lowest BCUT2D eigenvalue weighted by Crippen LogP contribution is -2.52. The predicted octanol–water partition coefficient (Wildman–Crippen LogP) is 1.74. The molecule has 1 aromatic carbocycles. The molecule has 0 bridgehead atoms. The summed E-state index contributed by atoms with van der Waals surface area (Å²) in [5.74, 6) is -1.84. The Balaban J connectivity index is 1.79. The molecule has 2 aliphatic rings. The van der Waals surface area contributed by atoms with E-state index in [9.17, 15) is 18.7 Å². The van der Waals surface area contributed by atoms with Crippen LogP contribution in [0.25, 0.3) is 0 Å². The van der Waals surface area contributed by atoms with Gasteiger partial charge in [0.2, 0.25) is 5.91 Å². The highest BCUT2D eigenvalue weighted by atomic mass is 19.1. The molecular weight excluding hydrogens is 314 g/mol. The number of nitrogens with one attached hydrogen (secondary N) is 1. The first-order chi connectivity index (χ1) is 11.4. The number of benzene rings is 1. The summed E-state index contributed by atoms with van der Waals surface area (Å²) in [5.41, 5.74) is 0.387. The summed E-state index contributed by atoms with van der Waals surface area (Å²) in [4.78, 5) is 14.8. The first-order valence-electron chi connectivity index (χ1n) is 8.51. The number of likely N-dealkylation sites (tertiary alicyclic amines) is 1. The summed E-state index contributed by atoms with van der Waals surface area (Å²) in [6.45, 7) is 5.89. The van der Waals surface area contributed by atoms with Crippen molar-refractivity contribution in [2.75, 3.05) is 26.2 Å². The van der Waals surface area contributed by atoms with E-state index in [1.54, 1.807) is 4.90 Å². The number of aliphatic hydroxyl groups is 1. The zero-order valence-electron chi connectivity index (χ0n) is 14.0. The first-order valence-corrected chi connectivity index (χ1v) is 8.51. The van der Waals surface area contributed by atoms with Gasteiger partial charge in [-0.15, -0.1) is 0 Å². The van der Waals surface area contributed by atoms with Gasteiger partial charge < -0.3 is 15.3 Å². The lowest BCUT2D eigenvalue weighted by Gasteiger charge is -2.40. The Labute approximate surface area is 140 Å². The number of carbonyl (C=O) groups excluding carboxylic acids is 1.